The molecule has 1 heterocycles. The van der Waals surface area contributed by atoms with Crippen molar-refractivity contribution >= 4 is 17.5 Å². The zero-order chi connectivity index (χ0) is 34.6. The fourth-order valence-corrected chi connectivity index (χ4v) is 6.41. The molecule has 0 aromatic carbocycles. The number of ketones is 2. The van der Waals surface area contributed by atoms with Gasteiger partial charge in [0.05, 0.1) is 19.3 Å². The largest absolute Gasteiger partial charge is 0.394 e. The number of carbonyl (C=O) groups is 3. The van der Waals surface area contributed by atoms with Crippen molar-refractivity contribution in [3.63, 3.8) is 0 Å². The second kappa shape index (κ2) is 23.0. The number of aliphatic hydroxyl groups is 3. The van der Waals surface area contributed by atoms with Crippen LogP contribution in [0, 0.1) is 5.92 Å². The van der Waals surface area contributed by atoms with Gasteiger partial charge in [-0.1, -0.05) is 123 Å². The molecule has 0 saturated carbocycles. The topological polar surface area (TPSA) is 202 Å². The van der Waals surface area contributed by atoms with E-state index in [2.05, 4.69) is 13.8 Å². The first-order valence-corrected chi connectivity index (χ1v) is 18.2. The molecule has 1 saturated heterocycles. The number of nitrogens with two attached hydrogens (primary N) is 3. The zero-order valence-corrected chi connectivity index (χ0v) is 29.2. The molecule has 1 aliphatic rings. The van der Waals surface area contributed by atoms with E-state index in [1.54, 1.807) is 0 Å². The minimum absolute atomic E-state index is 0.139. The maximum Gasteiger partial charge on any atom is 0.225 e. The summed E-state index contributed by atoms with van der Waals surface area (Å²) in [6, 6.07) is 0. The first kappa shape index (κ1) is 42.6. The number of carbonyl (C=O) groups excluding carboxylic acids is 3. The van der Waals surface area contributed by atoms with Crippen molar-refractivity contribution in [2.75, 3.05) is 19.7 Å². The number of unbranched alkanes of at least 4 members (excludes halogenated alkanes) is 17. The fraction of sp³-hybridized carbons (Fsp3) is 0.914. The summed E-state index contributed by atoms with van der Waals surface area (Å²) in [5.41, 5.74) is 16.3. The quantitative estimate of drug-likeness (QED) is 0.0429. The minimum atomic E-state index is -2.26. The summed E-state index contributed by atoms with van der Waals surface area (Å²) in [5.74, 6) is -6.14. The molecule has 0 aliphatic carbocycles. The summed E-state index contributed by atoms with van der Waals surface area (Å²) in [7, 11) is 0. The number of ether oxygens (including phenoxy) is 1. The van der Waals surface area contributed by atoms with Gasteiger partial charge in [-0.05, 0) is 19.8 Å². The maximum absolute atomic E-state index is 13.9. The van der Waals surface area contributed by atoms with E-state index < -0.39 is 60.3 Å². The predicted molar refractivity (Wildman–Crippen MR) is 181 cm³/mol. The molecule has 11 heteroatoms. The van der Waals surface area contributed by atoms with Gasteiger partial charge in [0.2, 0.25) is 11.8 Å². The van der Waals surface area contributed by atoms with Gasteiger partial charge < -0.3 is 36.4 Å². The van der Waals surface area contributed by atoms with E-state index in [0.717, 1.165) is 44.9 Å². The van der Waals surface area contributed by atoms with E-state index in [1.165, 1.54) is 76.0 Å². The minimum Gasteiger partial charge on any atom is -0.394 e. The van der Waals surface area contributed by atoms with Crippen LogP contribution in [0.25, 0.3) is 0 Å². The highest BCUT2D eigenvalue weighted by molar-refractivity contribution is 6.13. The van der Waals surface area contributed by atoms with Crippen LogP contribution < -0.4 is 17.2 Å². The van der Waals surface area contributed by atoms with Crippen molar-refractivity contribution in [2.24, 2.45) is 23.1 Å². The van der Waals surface area contributed by atoms with Crippen LogP contribution in [0.3, 0.4) is 0 Å². The molecular formula is C35H68N4O7. The van der Waals surface area contributed by atoms with Crippen LogP contribution in [0.1, 0.15) is 149 Å². The molecular weight excluding hydrogens is 588 g/mol. The summed E-state index contributed by atoms with van der Waals surface area (Å²) in [5, 5.41) is 31.9. The average Bonchev–Trinajstić information content (AvgIpc) is 3.03. The smallest absolute Gasteiger partial charge is 0.225 e. The van der Waals surface area contributed by atoms with Gasteiger partial charge in [0.15, 0.2) is 11.6 Å². The predicted octanol–water partition coefficient (Wildman–Crippen LogP) is 3.81. The first-order valence-electron chi connectivity index (χ1n) is 18.2. The second-order valence-electron chi connectivity index (χ2n) is 13.5. The van der Waals surface area contributed by atoms with E-state index in [-0.39, 0.29) is 18.9 Å². The van der Waals surface area contributed by atoms with Crippen molar-refractivity contribution in [3.8, 4) is 0 Å². The summed E-state index contributed by atoms with van der Waals surface area (Å²) in [6.45, 7) is 4.48. The fourth-order valence-electron chi connectivity index (χ4n) is 6.41. The SMILES string of the molecule is CCCCCCCCCCCCN(C(=O)CCCCCCCCCCC)[C@]1(N)O[C@H](CO)[C@@H](O)[C@H](O)[C@H]1C(=O)[C@@](C)(N)C(=O)CN. The van der Waals surface area contributed by atoms with Crippen molar-refractivity contribution in [1.29, 1.82) is 0 Å². The summed E-state index contributed by atoms with van der Waals surface area (Å²) >= 11 is 0. The van der Waals surface area contributed by atoms with Gasteiger partial charge in [-0.25, -0.2) is 0 Å². The molecule has 46 heavy (non-hydrogen) atoms. The number of Topliss-reactive ketones (excluding diaryl/α,β-unsaturated/α-hetero) is 2. The van der Waals surface area contributed by atoms with Crippen LogP contribution in [0.2, 0.25) is 0 Å². The molecule has 1 aliphatic heterocycles. The molecule has 0 aromatic heterocycles. The summed E-state index contributed by atoms with van der Waals surface area (Å²) in [4.78, 5) is 41.6. The Morgan fingerprint density at radius 1 is 0.761 bits per heavy atom. The lowest BCUT2D eigenvalue weighted by atomic mass is 9.75. The van der Waals surface area contributed by atoms with Crippen molar-refractivity contribution in [2.45, 2.75) is 179 Å². The van der Waals surface area contributed by atoms with Gasteiger partial charge in [-0.15, -0.1) is 0 Å². The van der Waals surface area contributed by atoms with Crippen LogP contribution >= 0.6 is 0 Å². The summed E-state index contributed by atoms with van der Waals surface area (Å²) in [6.07, 6.45) is 15.7. The lowest BCUT2D eigenvalue weighted by Gasteiger charge is -2.53. The zero-order valence-electron chi connectivity index (χ0n) is 29.2. The van der Waals surface area contributed by atoms with Crippen molar-refractivity contribution in [1.82, 2.24) is 4.90 Å². The molecule has 0 aromatic rings. The highest BCUT2D eigenvalue weighted by atomic mass is 16.6. The Hall–Kier alpha value is -1.47. The van der Waals surface area contributed by atoms with Gasteiger partial charge in [-0.2, -0.15) is 0 Å². The van der Waals surface area contributed by atoms with E-state index in [9.17, 15) is 29.7 Å². The number of rotatable bonds is 27. The molecule has 0 bridgehead atoms. The standard InChI is InChI=1S/C35H68N4O7/c1-4-6-8-10-12-14-16-18-20-22-24-39(29(42)23-21-19-17-15-13-11-9-7-5-2)35(38)30(32(44)31(43)27(26-40)46-35)33(45)34(3,37)28(41)25-36/h27,30-32,40,43-44H,4-26,36-38H2,1-3H3/t27-,30+,31-,32-,34+,35+/m1/s1. The Morgan fingerprint density at radius 2 is 1.20 bits per heavy atom. The van der Waals surface area contributed by atoms with Crippen molar-refractivity contribution in [3.05, 3.63) is 0 Å². The monoisotopic (exact) mass is 657 g/mol. The third-order valence-corrected chi connectivity index (χ3v) is 9.55. The molecule has 11 nitrogen and oxygen atoms in total. The Morgan fingerprint density at radius 3 is 1.63 bits per heavy atom. The summed E-state index contributed by atoms with van der Waals surface area (Å²) < 4.78 is 5.97. The van der Waals surface area contributed by atoms with Crippen LogP contribution in [0.4, 0.5) is 0 Å². The molecule has 1 rings (SSSR count). The molecule has 1 amide bonds. The van der Waals surface area contributed by atoms with Gasteiger partial charge in [0.25, 0.3) is 0 Å². The number of nitrogens with zero attached hydrogens (tertiary/aromatic N) is 1. The second-order valence-corrected chi connectivity index (χ2v) is 13.5. The Bertz CT molecular complexity index is 874. The number of hydrogen-bond donors (Lipinski definition) is 6. The number of hydrogen-bond acceptors (Lipinski definition) is 10. The molecule has 0 unspecified atom stereocenters. The molecule has 9 N–H and O–H groups in total. The third kappa shape index (κ3) is 13.2. The highest BCUT2D eigenvalue weighted by Crippen LogP contribution is 2.37. The van der Waals surface area contributed by atoms with Crippen LogP contribution in [-0.4, -0.2) is 87.1 Å². The molecule has 270 valence electrons. The Labute approximate surface area is 278 Å². The van der Waals surface area contributed by atoms with Crippen LogP contribution in [0.5, 0.6) is 0 Å². The number of aliphatic hydroxyl groups excluding tert-OH is 3. The number of amides is 1. The van der Waals surface area contributed by atoms with E-state index >= 15 is 0 Å². The lowest BCUT2D eigenvalue weighted by molar-refractivity contribution is -0.292. The average molecular weight is 657 g/mol. The van der Waals surface area contributed by atoms with Gasteiger partial charge in [0.1, 0.15) is 23.7 Å². The maximum atomic E-state index is 13.9. The molecule has 1 fully saturated rings. The van der Waals surface area contributed by atoms with Gasteiger partial charge in [-0.3, -0.25) is 20.1 Å². The van der Waals surface area contributed by atoms with E-state index in [0.29, 0.717) is 12.8 Å². The molecule has 0 radical (unpaired) electrons. The van der Waals surface area contributed by atoms with E-state index in [1.807, 2.05) is 0 Å². The molecule has 6 atom stereocenters. The van der Waals surface area contributed by atoms with Gasteiger partial charge >= 0.3 is 0 Å². The first-order chi connectivity index (χ1) is 21.9. The lowest BCUT2D eigenvalue weighted by Crippen LogP contribution is -2.77. The van der Waals surface area contributed by atoms with Crippen molar-refractivity contribution < 1.29 is 34.4 Å². The Kier molecular flexibility index (Phi) is 21.3. The van der Waals surface area contributed by atoms with Crippen LogP contribution in [0.15, 0.2) is 0 Å². The molecule has 0 spiro atoms. The van der Waals surface area contributed by atoms with E-state index in [4.69, 9.17) is 21.9 Å². The van der Waals surface area contributed by atoms with Gasteiger partial charge in [0, 0.05) is 13.0 Å². The third-order valence-electron chi connectivity index (χ3n) is 9.55. The Balaban J connectivity index is 3.11. The normalized spacial score (nSPS) is 24.5. The highest BCUT2D eigenvalue weighted by Gasteiger charge is 2.61. The van der Waals surface area contributed by atoms with Crippen LogP contribution in [-0.2, 0) is 19.1 Å².